The van der Waals surface area contributed by atoms with E-state index in [4.69, 9.17) is 9.26 Å². The molecule has 0 spiro atoms. The van der Waals surface area contributed by atoms with Gasteiger partial charge in [0.1, 0.15) is 13.2 Å². The summed E-state index contributed by atoms with van der Waals surface area (Å²) in [5.74, 6) is 1.78. The highest BCUT2D eigenvalue weighted by atomic mass is 16.6. The molecule has 0 radical (unpaired) electrons. The first-order valence-electron chi connectivity index (χ1n) is 7.60. The van der Waals surface area contributed by atoms with Gasteiger partial charge in [-0.1, -0.05) is 5.16 Å². The molecular weight excluding hydrogens is 288 g/mol. The summed E-state index contributed by atoms with van der Waals surface area (Å²) in [6, 6.07) is 0. The zero-order chi connectivity index (χ0) is 15.5. The van der Waals surface area contributed by atoms with Gasteiger partial charge in [0.25, 0.3) is 0 Å². The summed E-state index contributed by atoms with van der Waals surface area (Å²) < 4.78 is 9.81. The Morgan fingerprint density at radius 3 is 2.68 bits per heavy atom. The summed E-state index contributed by atoms with van der Waals surface area (Å²) in [4.78, 5) is 31.1. The number of aromatic nitrogens is 2. The first-order valence-corrected chi connectivity index (χ1v) is 7.60. The van der Waals surface area contributed by atoms with Crippen molar-refractivity contribution in [3.63, 3.8) is 0 Å². The van der Waals surface area contributed by atoms with Crippen molar-refractivity contribution in [1.82, 2.24) is 19.9 Å². The Bertz CT molecular complexity index is 551. The summed E-state index contributed by atoms with van der Waals surface area (Å²) in [6.07, 6.45) is 2.24. The summed E-state index contributed by atoms with van der Waals surface area (Å²) in [5, 5.41) is 3.92. The topological polar surface area (TPSA) is 88.8 Å². The van der Waals surface area contributed by atoms with Gasteiger partial charge in [0, 0.05) is 26.4 Å². The molecule has 0 unspecified atom stereocenters. The average Bonchev–Trinajstić information content (AvgIpc) is 3.09. The molecule has 0 aromatic carbocycles. The van der Waals surface area contributed by atoms with Crippen LogP contribution in [0.2, 0.25) is 0 Å². The minimum Gasteiger partial charge on any atom is -0.448 e. The van der Waals surface area contributed by atoms with Gasteiger partial charge < -0.3 is 14.2 Å². The predicted molar refractivity (Wildman–Crippen MR) is 75.0 cm³/mol. The van der Waals surface area contributed by atoms with E-state index in [1.165, 1.54) is 4.90 Å². The third-order valence-corrected chi connectivity index (χ3v) is 4.18. The number of piperidine rings is 1. The number of cyclic esters (lactones) is 1. The van der Waals surface area contributed by atoms with Crippen LogP contribution in [0.15, 0.2) is 4.52 Å². The standard InChI is InChI=1S/C14H20N4O4/c1-10-15-12(16-22-10)8-11-2-4-17(5-3-11)13(19)9-18-6-7-21-14(18)20/h11H,2-9H2,1H3. The second-order valence-corrected chi connectivity index (χ2v) is 5.79. The lowest BCUT2D eigenvalue weighted by molar-refractivity contribution is -0.133. The molecule has 1 aromatic heterocycles. The fraction of sp³-hybridized carbons (Fsp3) is 0.714. The SMILES string of the molecule is Cc1nc(CC2CCN(C(=O)CN3CCOC3=O)CC2)no1. The summed E-state index contributed by atoms with van der Waals surface area (Å²) >= 11 is 0. The van der Waals surface area contributed by atoms with Crippen LogP contribution in [0.4, 0.5) is 4.79 Å². The molecule has 0 aliphatic carbocycles. The Morgan fingerprint density at radius 2 is 2.09 bits per heavy atom. The Hall–Kier alpha value is -2.12. The van der Waals surface area contributed by atoms with Crippen LogP contribution in [-0.2, 0) is 16.0 Å². The lowest BCUT2D eigenvalue weighted by atomic mass is 9.93. The van der Waals surface area contributed by atoms with E-state index in [0.29, 0.717) is 38.0 Å². The lowest BCUT2D eigenvalue weighted by Crippen LogP contribution is -2.44. The molecule has 0 bridgehead atoms. The van der Waals surface area contributed by atoms with Gasteiger partial charge in [-0.05, 0) is 18.8 Å². The van der Waals surface area contributed by atoms with E-state index in [-0.39, 0.29) is 12.5 Å². The third kappa shape index (κ3) is 3.37. The van der Waals surface area contributed by atoms with E-state index in [1.807, 2.05) is 4.90 Å². The molecule has 22 heavy (non-hydrogen) atoms. The molecule has 0 atom stereocenters. The van der Waals surface area contributed by atoms with E-state index < -0.39 is 6.09 Å². The molecule has 8 heteroatoms. The van der Waals surface area contributed by atoms with Crippen molar-refractivity contribution in [1.29, 1.82) is 0 Å². The number of carbonyl (C=O) groups excluding carboxylic acids is 2. The van der Waals surface area contributed by atoms with Crippen molar-refractivity contribution in [2.75, 3.05) is 32.8 Å². The van der Waals surface area contributed by atoms with Gasteiger partial charge in [0.05, 0.1) is 6.54 Å². The molecule has 3 rings (SSSR count). The van der Waals surface area contributed by atoms with Crippen molar-refractivity contribution in [2.45, 2.75) is 26.2 Å². The molecule has 8 nitrogen and oxygen atoms in total. The van der Waals surface area contributed by atoms with Gasteiger partial charge >= 0.3 is 6.09 Å². The average molecular weight is 308 g/mol. The second-order valence-electron chi connectivity index (χ2n) is 5.79. The minimum atomic E-state index is -0.393. The van der Waals surface area contributed by atoms with Gasteiger partial charge in [0.15, 0.2) is 5.82 Å². The maximum atomic E-state index is 12.2. The molecule has 2 amide bonds. The number of likely N-dealkylation sites (tertiary alicyclic amines) is 1. The molecule has 2 aliphatic heterocycles. The summed E-state index contributed by atoms with van der Waals surface area (Å²) in [6.45, 7) is 4.19. The van der Waals surface area contributed by atoms with Crippen LogP contribution >= 0.6 is 0 Å². The van der Waals surface area contributed by atoms with Crippen LogP contribution in [0.1, 0.15) is 24.6 Å². The van der Waals surface area contributed by atoms with Crippen LogP contribution in [0.3, 0.4) is 0 Å². The van der Waals surface area contributed by atoms with Crippen LogP contribution < -0.4 is 0 Å². The maximum Gasteiger partial charge on any atom is 0.410 e. The quantitative estimate of drug-likeness (QED) is 0.810. The van der Waals surface area contributed by atoms with Crippen LogP contribution in [0, 0.1) is 12.8 Å². The highest BCUT2D eigenvalue weighted by molar-refractivity contribution is 5.82. The van der Waals surface area contributed by atoms with E-state index >= 15 is 0 Å². The van der Waals surface area contributed by atoms with Crippen molar-refractivity contribution in [3.8, 4) is 0 Å². The Kier molecular flexibility index (Phi) is 4.26. The second kappa shape index (κ2) is 6.33. The Balaban J connectivity index is 1.44. The van der Waals surface area contributed by atoms with E-state index in [9.17, 15) is 9.59 Å². The zero-order valence-corrected chi connectivity index (χ0v) is 12.7. The van der Waals surface area contributed by atoms with Crippen molar-refractivity contribution in [3.05, 3.63) is 11.7 Å². The number of nitrogens with zero attached hydrogens (tertiary/aromatic N) is 4. The Labute approximate surface area is 128 Å². The van der Waals surface area contributed by atoms with Crippen molar-refractivity contribution >= 4 is 12.0 Å². The van der Waals surface area contributed by atoms with E-state index in [2.05, 4.69) is 10.1 Å². The van der Waals surface area contributed by atoms with Crippen molar-refractivity contribution < 1.29 is 18.8 Å². The predicted octanol–water partition coefficient (Wildman–Crippen LogP) is 0.611. The number of hydrogen-bond donors (Lipinski definition) is 0. The number of ether oxygens (including phenoxy) is 1. The first-order chi connectivity index (χ1) is 10.6. The van der Waals surface area contributed by atoms with Crippen molar-refractivity contribution in [2.24, 2.45) is 5.92 Å². The van der Waals surface area contributed by atoms with Crippen LogP contribution in [0.5, 0.6) is 0 Å². The number of hydrogen-bond acceptors (Lipinski definition) is 6. The zero-order valence-electron chi connectivity index (χ0n) is 12.7. The summed E-state index contributed by atoms with van der Waals surface area (Å²) in [5.41, 5.74) is 0. The smallest absolute Gasteiger partial charge is 0.410 e. The Morgan fingerprint density at radius 1 is 1.32 bits per heavy atom. The minimum absolute atomic E-state index is 0.00675. The van der Waals surface area contributed by atoms with Gasteiger partial charge in [-0.15, -0.1) is 0 Å². The van der Waals surface area contributed by atoms with Gasteiger partial charge in [0.2, 0.25) is 11.8 Å². The largest absolute Gasteiger partial charge is 0.448 e. The first kappa shape index (κ1) is 14.8. The molecular formula is C14H20N4O4. The molecule has 2 saturated heterocycles. The lowest BCUT2D eigenvalue weighted by Gasteiger charge is -2.32. The van der Waals surface area contributed by atoms with Gasteiger partial charge in [-0.25, -0.2) is 4.79 Å². The highest BCUT2D eigenvalue weighted by Gasteiger charge is 2.29. The number of rotatable bonds is 4. The summed E-state index contributed by atoms with van der Waals surface area (Å²) in [7, 11) is 0. The number of aryl methyl sites for hydroxylation is 1. The normalized spacial score (nSPS) is 19.6. The maximum absolute atomic E-state index is 12.2. The van der Waals surface area contributed by atoms with E-state index in [0.717, 1.165) is 25.1 Å². The number of carbonyl (C=O) groups is 2. The molecule has 120 valence electrons. The fourth-order valence-electron chi connectivity index (χ4n) is 2.90. The highest BCUT2D eigenvalue weighted by Crippen LogP contribution is 2.21. The van der Waals surface area contributed by atoms with Crippen LogP contribution in [0.25, 0.3) is 0 Å². The monoisotopic (exact) mass is 308 g/mol. The molecule has 2 fully saturated rings. The van der Waals surface area contributed by atoms with E-state index in [1.54, 1.807) is 6.92 Å². The fourth-order valence-corrected chi connectivity index (χ4v) is 2.90. The van der Waals surface area contributed by atoms with Gasteiger partial charge in [-0.3, -0.25) is 9.69 Å². The number of amides is 2. The third-order valence-electron chi connectivity index (χ3n) is 4.18. The van der Waals surface area contributed by atoms with Gasteiger partial charge in [-0.2, -0.15) is 4.98 Å². The molecule has 0 saturated carbocycles. The molecule has 0 N–H and O–H groups in total. The van der Waals surface area contributed by atoms with Crippen LogP contribution in [-0.4, -0.2) is 64.7 Å². The molecule has 3 heterocycles. The molecule has 2 aliphatic rings. The molecule has 1 aromatic rings.